The van der Waals surface area contributed by atoms with E-state index in [1.807, 2.05) is 13.8 Å². The van der Waals surface area contributed by atoms with E-state index in [0.29, 0.717) is 19.4 Å². The van der Waals surface area contributed by atoms with Crippen molar-refractivity contribution in [1.82, 2.24) is 10.6 Å². The van der Waals surface area contributed by atoms with Crippen molar-refractivity contribution < 1.29 is 9.90 Å². The third-order valence-corrected chi connectivity index (χ3v) is 3.28. The van der Waals surface area contributed by atoms with Gasteiger partial charge in [-0.05, 0) is 25.7 Å². The normalized spacial score (nSPS) is 22.6. The van der Waals surface area contributed by atoms with Gasteiger partial charge in [0.05, 0.1) is 11.6 Å². The molecule has 15 heavy (non-hydrogen) atoms. The molecule has 0 bridgehead atoms. The molecule has 1 fully saturated rings. The first-order chi connectivity index (χ1) is 7.11. The van der Waals surface area contributed by atoms with Gasteiger partial charge in [0.1, 0.15) is 0 Å². The molecular formula is C11H22N2O2. The molecule has 0 saturated carbocycles. The summed E-state index contributed by atoms with van der Waals surface area (Å²) >= 11 is 0. The van der Waals surface area contributed by atoms with E-state index in [1.54, 1.807) is 0 Å². The number of carbonyl (C=O) groups excluding carboxylic acids is 1. The van der Waals surface area contributed by atoms with Gasteiger partial charge in [0.2, 0.25) is 5.91 Å². The van der Waals surface area contributed by atoms with Crippen molar-refractivity contribution in [2.45, 2.75) is 51.2 Å². The molecule has 0 radical (unpaired) electrons. The van der Waals surface area contributed by atoms with Crippen LogP contribution in [0.25, 0.3) is 0 Å². The highest BCUT2D eigenvalue weighted by molar-refractivity contribution is 5.82. The summed E-state index contributed by atoms with van der Waals surface area (Å²) in [6, 6.07) is -0.122. The minimum Gasteiger partial charge on any atom is -0.389 e. The number of hydrogen-bond acceptors (Lipinski definition) is 3. The summed E-state index contributed by atoms with van der Waals surface area (Å²) in [6.07, 6.45) is 3.31. The lowest BCUT2D eigenvalue weighted by Gasteiger charge is -2.30. The molecule has 1 unspecified atom stereocenters. The molecule has 88 valence electrons. The predicted octanol–water partition coefficient (Wildman–Crippen LogP) is 0.406. The number of aliphatic hydroxyl groups is 1. The smallest absolute Gasteiger partial charge is 0.237 e. The third-order valence-electron chi connectivity index (χ3n) is 3.28. The molecule has 1 aliphatic rings. The van der Waals surface area contributed by atoms with Crippen LogP contribution >= 0.6 is 0 Å². The van der Waals surface area contributed by atoms with Gasteiger partial charge in [-0.1, -0.05) is 13.8 Å². The van der Waals surface area contributed by atoms with Gasteiger partial charge < -0.3 is 15.7 Å². The van der Waals surface area contributed by atoms with Gasteiger partial charge in [0, 0.05) is 13.1 Å². The number of rotatable bonds is 5. The summed E-state index contributed by atoms with van der Waals surface area (Å²) < 4.78 is 0. The van der Waals surface area contributed by atoms with Crippen LogP contribution in [0.2, 0.25) is 0 Å². The van der Waals surface area contributed by atoms with Crippen LogP contribution in [0.5, 0.6) is 0 Å². The van der Waals surface area contributed by atoms with Gasteiger partial charge in [-0.25, -0.2) is 0 Å². The second-order valence-electron chi connectivity index (χ2n) is 4.30. The minimum atomic E-state index is -0.669. The maximum Gasteiger partial charge on any atom is 0.237 e. The fourth-order valence-corrected chi connectivity index (χ4v) is 1.78. The highest BCUT2D eigenvalue weighted by Gasteiger charge is 2.27. The molecule has 1 amide bonds. The van der Waals surface area contributed by atoms with E-state index < -0.39 is 5.60 Å². The molecule has 1 rings (SSSR count). The molecule has 1 heterocycles. The lowest BCUT2D eigenvalue weighted by molar-refractivity contribution is -0.124. The van der Waals surface area contributed by atoms with E-state index >= 15 is 0 Å². The topological polar surface area (TPSA) is 61.4 Å². The van der Waals surface area contributed by atoms with Crippen LogP contribution in [-0.4, -0.2) is 35.7 Å². The Bertz CT molecular complexity index is 215. The molecule has 0 spiro atoms. The molecule has 3 N–H and O–H groups in total. The Kier molecular flexibility index (Phi) is 4.54. The molecule has 1 saturated heterocycles. The van der Waals surface area contributed by atoms with E-state index in [1.165, 1.54) is 0 Å². The zero-order chi connectivity index (χ0) is 11.3. The molecule has 0 aromatic heterocycles. The maximum absolute atomic E-state index is 11.4. The van der Waals surface area contributed by atoms with Crippen LogP contribution in [0, 0.1) is 0 Å². The Morgan fingerprint density at radius 2 is 2.20 bits per heavy atom. The van der Waals surface area contributed by atoms with Gasteiger partial charge in [0.25, 0.3) is 0 Å². The number of nitrogens with one attached hydrogen (secondary N) is 2. The van der Waals surface area contributed by atoms with Crippen LogP contribution in [-0.2, 0) is 4.79 Å². The molecule has 0 aliphatic carbocycles. The van der Waals surface area contributed by atoms with E-state index in [2.05, 4.69) is 10.6 Å². The second-order valence-corrected chi connectivity index (χ2v) is 4.30. The van der Waals surface area contributed by atoms with Crippen molar-refractivity contribution in [1.29, 1.82) is 0 Å². The van der Waals surface area contributed by atoms with E-state index in [-0.39, 0.29) is 11.9 Å². The first kappa shape index (κ1) is 12.5. The fraction of sp³-hybridized carbons (Fsp3) is 0.909. The molecule has 4 nitrogen and oxygen atoms in total. The van der Waals surface area contributed by atoms with Crippen LogP contribution < -0.4 is 10.6 Å². The summed E-state index contributed by atoms with van der Waals surface area (Å²) in [5, 5.41) is 16.0. The van der Waals surface area contributed by atoms with Crippen molar-refractivity contribution in [2.75, 3.05) is 13.1 Å². The number of piperidine rings is 1. The highest BCUT2D eigenvalue weighted by Crippen LogP contribution is 2.14. The van der Waals surface area contributed by atoms with Crippen molar-refractivity contribution in [3.8, 4) is 0 Å². The Hall–Kier alpha value is -0.610. The Balaban J connectivity index is 2.37. The van der Waals surface area contributed by atoms with Crippen molar-refractivity contribution in [3.63, 3.8) is 0 Å². The molecule has 0 aromatic rings. The zero-order valence-corrected chi connectivity index (χ0v) is 9.68. The lowest BCUT2D eigenvalue weighted by Crippen LogP contribution is -2.52. The van der Waals surface area contributed by atoms with E-state index in [0.717, 1.165) is 19.4 Å². The molecule has 1 aliphatic heterocycles. The Morgan fingerprint density at radius 3 is 2.73 bits per heavy atom. The summed E-state index contributed by atoms with van der Waals surface area (Å²) in [7, 11) is 0. The minimum absolute atomic E-state index is 0.0656. The largest absolute Gasteiger partial charge is 0.389 e. The molecule has 1 atom stereocenters. The SMILES string of the molecule is CCC(O)(CC)CNC1CCCNC1=O. The first-order valence-electron chi connectivity index (χ1n) is 5.85. The second kappa shape index (κ2) is 5.47. The standard InChI is InChI=1S/C11H22N2O2/c1-3-11(15,4-2)8-13-9-6-5-7-12-10(9)14/h9,13,15H,3-8H2,1-2H3,(H,12,14). The predicted molar refractivity (Wildman–Crippen MR) is 59.6 cm³/mol. The van der Waals surface area contributed by atoms with Crippen molar-refractivity contribution >= 4 is 5.91 Å². The summed E-state index contributed by atoms with van der Waals surface area (Å²) in [5.74, 6) is 0.0656. The lowest BCUT2D eigenvalue weighted by atomic mass is 9.96. The monoisotopic (exact) mass is 214 g/mol. The third kappa shape index (κ3) is 3.47. The first-order valence-corrected chi connectivity index (χ1v) is 5.85. The van der Waals surface area contributed by atoms with Crippen LogP contribution in [0.1, 0.15) is 39.5 Å². The summed E-state index contributed by atoms with van der Waals surface area (Å²) in [4.78, 5) is 11.4. The average Bonchev–Trinajstić information content (AvgIpc) is 2.28. The summed E-state index contributed by atoms with van der Waals surface area (Å²) in [6.45, 7) is 5.21. The molecule has 4 heteroatoms. The Morgan fingerprint density at radius 1 is 1.53 bits per heavy atom. The van der Waals surface area contributed by atoms with E-state index in [9.17, 15) is 9.90 Å². The summed E-state index contributed by atoms with van der Waals surface area (Å²) in [5.41, 5.74) is -0.669. The van der Waals surface area contributed by atoms with Gasteiger partial charge in [-0.2, -0.15) is 0 Å². The van der Waals surface area contributed by atoms with Crippen molar-refractivity contribution in [2.24, 2.45) is 0 Å². The van der Waals surface area contributed by atoms with Crippen LogP contribution in [0.4, 0.5) is 0 Å². The van der Waals surface area contributed by atoms with Gasteiger partial charge in [-0.15, -0.1) is 0 Å². The van der Waals surface area contributed by atoms with Gasteiger partial charge in [0.15, 0.2) is 0 Å². The van der Waals surface area contributed by atoms with Gasteiger partial charge >= 0.3 is 0 Å². The van der Waals surface area contributed by atoms with Crippen LogP contribution in [0.3, 0.4) is 0 Å². The number of amides is 1. The fourth-order valence-electron chi connectivity index (χ4n) is 1.78. The zero-order valence-electron chi connectivity index (χ0n) is 9.68. The maximum atomic E-state index is 11.4. The average molecular weight is 214 g/mol. The quantitative estimate of drug-likeness (QED) is 0.621. The highest BCUT2D eigenvalue weighted by atomic mass is 16.3. The molecular weight excluding hydrogens is 192 g/mol. The number of carbonyl (C=O) groups is 1. The van der Waals surface area contributed by atoms with Gasteiger partial charge in [-0.3, -0.25) is 4.79 Å². The van der Waals surface area contributed by atoms with Crippen molar-refractivity contribution in [3.05, 3.63) is 0 Å². The Labute approximate surface area is 91.4 Å². The number of hydrogen-bond donors (Lipinski definition) is 3. The van der Waals surface area contributed by atoms with Crippen LogP contribution in [0.15, 0.2) is 0 Å². The molecule has 0 aromatic carbocycles. The van der Waals surface area contributed by atoms with E-state index in [4.69, 9.17) is 0 Å².